The van der Waals surface area contributed by atoms with Gasteiger partial charge in [0, 0.05) is 21.3 Å². The number of hydrogen-bond acceptors (Lipinski definition) is 3. The van der Waals surface area contributed by atoms with Crippen molar-refractivity contribution < 1.29 is 9.53 Å². The molecule has 1 saturated heterocycles. The van der Waals surface area contributed by atoms with Crippen LogP contribution in [0.5, 0.6) is 5.75 Å². The summed E-state index contributed by atoms with van der Waals surface area (Å²) in [7, 11) is 0. The number of benzene rings is 2. The van der Waals surface area contributed by atoms with Gasteiger partial charge in [0.2, 0.25) is 5.91 Å². The van der Waals surface area contributed by atoms with Crippen LogP contribution in [0.4, 0.5) is 5.69 Å². The highest BCUT2D eigenvalue weighted by Gasteiger charge is 2.35. The number of carbonyl (C=O) groups excluding carboxylic acids is 1. The Morgan fingerprint density at radius 1 is 1.22 bits per heavy atom. The molecule has 0 unspecified atom stereocenters. The molecule has 1 aliphatic rings. The molecule has 0 saturated carbocycles. The van der Waals surface area contributed by atoms with Crippen LogP contribution in [0.3, 0.4) is 0 Å². The van der Waals surface area contributed by atoms with E-state index in [9.17, 15) is 4.79 Å². The predicted octanol–water partition coefficient (Wildman–Crippen LogP) is 5.17. The lowest BCUT2D eigenvalue weighted by Gasteiger charge is -2.25. The van der Waals surface area contributed by atoms with Crippen LogP contribution >= 0.6 is 35.0 Å². The van der Waals surface area contributed by atoms with Crippen molar-refractivity contribution in [3.05, 3.63) is 58.1 Å². The number of rotatable bonds is 4. The van der Waals surface area contributed by atoms with Crippen LogP contribution in [-0.2, 0) is 4.79 Å². The van der Waals surface area contributed by atoms with Crippen molar-refractivity contribution in [1.82, 2.24) is 0 Å². The second-order valence-electron chi connectivity index (χ2n) is 5.02. The zero-order valence-electron chi connectivity index (χ0n) is 12.5. The van der Waals surface area contributed by atoms with Gasteiger partial charge < -0.3 is 4.74 Å². The van der Waals surface area contributed by atoms with Crippen LogP contribution in [0, 0.1) is 0 Å². The minimum Gasteiger partial charge on any atom is -0.494 e. The summed E-state index contributed by atoms with van der Waals surface area (Å²) in [5.74, 6) is 1.28. The molecule has 3 nitrogen and oxygen atoms in total. The summed E-state index contributed by atoms with van der Waals surface area (Å²) in [6.45, 7) is 2.55. The Morgan fingerprint density at radius 3 is 2.61 bits per heavy atom. The molecule has 0 spiro atoms. The highest BCUT2D eigenvalue weighted by atomic mass is 35.5. The second kappa shape index (κ2) is 7.04. The van der Waals surface area contributed by atoms with Crippen molar-refractivity contribution in [2.75, 3.05) is 17.3 Å². The van der Waals surface area contributed by atoms with Crippen LogP contribution < -0.4 is 9.64 Å². The van der Waals surface area contributed by atoms with E-state index < -0.39 is 0 Å². The van der Waals surface area contributed by atoms with E-state index in [1.165, 1.54) is 0 Å². The average molecular weight is 368 g/mol. The molecule has 2 aromatic rings. The Hall–Kier alpha value is -1.36. The number of ether oxygens (including phenoxy) is 1. The monoisotopic (exact) mass is 367 g/mol. The first-order valence-corrected chi connectivity index (χ1v) is 9.02. The first kappa shape index (κ1) is 16.5. The molecule has 0 aliphatic carbocycles. The number of amides is 1. The van der Waals surface area contributed by atoms with Gasteiger partial charge in [0.15, 0.2) is 0 Å². The molecule has 0 bridgehead atoms. The van der Waals surface area contributed by atoms with Gasteiger partial charge >= 0.3 is 0 Å². The lowest BCUT2D eigenvalue weighted by atomic mass is 10.2. The number of thioether (sulfide) groups is 1. The molecule has 1 aliphatic heterocycles. The lowest BCUT2D eigenvalue weighted by Crippen LogP contribution is -2.27. The van der Waals surface area contributed by atoms with Gasteiger partial charge in [0.1, 0.15) is 11.1 Å². The van der Waals surface area contributed by atoms with Crippen molar-refractivity contribution in [2.24, 2.45) is 0 Å². The lowest BCUT2D eigenvalue weighted by molar-refractivity contribution is -0.115. The van der Waals surface area contributed by atoms with Gasteiger partial charge in [-0.25, -0.2) is 0 Å². The normalized spacial score (nSPS) is 17.6. The maximum absolute atomic E-state index is 12.4. The van der Waals surface area contributed by atoms with Gasteiger partial charge in [-0.15, -0.1) is 11.8 Å². The Balaban J connectivity index is 1.93. The van der Waals surface area contributed by atoms with Crippen molar-refractivity contribution in [2.45, 2.75) is 12.3 Å². The maximum Gasteiger partial charge on any atom is 0.238 e. The number of nitrogens with zero attached hydrogens (tertiary/aromatic N) is 1. The van der Waals surface area contributed by atoms with E-state index in [0.717, 1.165) is 17.0 Å². The fourth-order valence-corrected chi connectivity index (χ4v) is 4.29. The summed E-state index contributed by atoms with van der Waals surface area (Å²) in [5.41, 5.74) is 1.72. The van der Waals surface area contributed by atoms with Crippen LogP contribution in [-0.4, -0.2) is 18.3 Å². The summed E-state index contributed by atoms with van der Waals surface area (Å²) < 4.78 is 5.45. The van der Waals surface area contributed by atoms with Crippen molar-refractivity contribution >= 4 is 46.6 Å². The largest absolute Gasteiger partial charge is 0.494 e. The van der Waals surface area contributed by atoms with Crippen LogP contribution in [0.2, 0.25) is 10.0 Å². The summed E-state index contributed by atoms with van der Waals surface area (Å²) in [5, 5.41) is 1.01. The molecule has 0 aromatic heterocycles. The van der Waals surface area contributed by atoms with Gasteiger partial charge in [-0.2, -0.15) is 0 Å². The number of carbonyl (C=O) groups is 1. The summed E-state index contributed by atoms with van der Waals surface area (Å²) in [6, 6.07) is 12.9. The van der Waals surface area contributed by atoms with Gasteiger partial charge in [0.05, 0.1) is 12.4 Å². The van der Waals surface area contributed by atoms with Crippen LogP contribution in [0.1, 0.15) is 17.9 Å². The minimum absolute atomic E-state index is 0.0650. The molecular formula is C17H15Cl2NO2S. The second-order valence-corrected chi connectivity index (χ2v) is 6.93. The fourth-order valence-electron chi connectivity index (χ4n) is 2.50. The highest BCUT2D eigenvalue weighted by molar-refractivity contribution is 8.00. The molecule has 6 heteroatoms. The number of anilines is 1. The SMILES string of the molecule is CCOc1ccc(N2C(=O)CS[C@@H]2c2ccc(Cl)cc2Cl)cc1. The van der Waals surface area contributed by atoms with E-state index in [1.807, 2.05) is 37.3 Å². The van der Waals surface area contributed by atoms with Gasteiger partial charge in [-0.05, 0) is 43.3 Å². The molecule has 1 atom stereocenters. The topological polar surface area (TPSA) is 29.5 Å². The first-order valence-electron chi connectivity index (χ1n) is 7.21. The maximum atomic E-state index is 12.4. The molecule has 120 valence electrons. The third-order valence-electron chi connectivity index (χ3n) is 3.52. The average Bonchev–Trinajstić information content (AvgIpc) is 2.90. The molecule has 0 radical (unpaired) electrons. The van der Waals surface area contributed by atoms with Crippen LogP contribution in [0.15, 0.2) is 42.5 Å². The van der Waals surface area contributed by atoms with E-state index >= 15 is 0 Å². The molecular weight excluding hydrogens is 353 g/mol. The third kappa shape index (κ3) is 3.44. The molecule has 23 heavy (non-hydrogen) atoms. The van der Waals surface area contributed by atoms with E-state index in [4.69, 9.17) is 27.9 Å². The highest BCUT2D eigenvalue weighted by Crippen LogP contribution is 2.44. The molecule has 2 aromatic carbocycles. The molecule has 1 amide bonds. The number of halogens is 2. The van der Waals surface area contributed by atoms with Gasteiger partial charge in [0.25, 0.3) is 0 Å². The predicted molar refractivity (Wildman–Crippen MR) is 96.8 cm³/mol. The van der Waals surface area contributed by atoms with Crippen LogP contribution in [0.25, 0.3) is 0 Å². The van der Waals surface area contributed by atoms with Crippen molar-refractivity contribution in [3.8, 4) is 5.75 Å². The Bertz CT molecular complexity index is 721. The molecule has 1 heterocycles. The Labute approximate surface area is 149 Å². The molecule has 3 rings (SSSR count). The van der Waals surface area contributed by atoms with E-state index in [0.29, 0.717) is 22.4 Å². The molecule has 0 N–H and O–H groups in total. The van der Waals surface area contributed by atoms with Crippen molar-refractivity contribution in [1.29, 1.82) is 0 Å². The summed E-state index contributed by atoms with van der Waals surface area (Å²) in [4.78, 5) is 14.1. The quantitative estimate of drug-likeness (QED) is 0.746. The van der Waals surface area contributed by atoms with Crippen molar-refractivity contribution in [3.63, 3.8) is 0 Å². The zero-order valence-corrected chi connectivity index (χ0v) is 14.8. The van der Waals surface area contributed by atoms with E-state index in [2.05, 4.69) is 0 Å². The van der Waals surface area contributed by atoms with E-state index in [-0.39, 0.29) is 11.3 Å². The minimum atomic E-state index is -0.148. The standard InChI is InChI=1S/C17H15Cl2NO2S/c1-2-22-13-6-4-12(5-7-13)20-16(21)10-23-17(20)14-8-3-11(18)9-15(14)19/h3-9,17H,2,10H2,1H3/t17-/m1/s1. The third-order valence-corrected chi connectivity index (χ3v) is 5.28. The summed E-state index contributed by atoms with van der Waals surface area (Å²) >= 11 is 13.8. The summed E-state index contributed by atoms with van der Waals surface area (Å²) in [6.07, 6.45) is 0. The Kier molecular flexibility index (Phi) is 5.05. The zero-order chi connectivity index (χ0) is 16.4. The van der Waals surface area contributed by atoms with Gasteiger partial charge in [-0.1, -0.05) is 29.3 Å². The van der Waals surface area contributed by atoms with E-state index in [1.54, 1.807) is 28.8 Å². The first-order chi connectivity index (χ1) is 11.1. The smallest absolute Gasteiger partial charge is 0.238 e. The number of hydrogen-bond donors (Lipinski definition) is 0. The fraction of sp³-hybridized carbons (Fsp3) is 0.235. The Morgan fingerprint density at radius 2 is 1.96 bits per heavy atom. The van der Waals surface area contributed by atoms with Gasteiger partial charge in [-0.3, -0.25) is 9.69 Å². The molecule has 1 fully saturated rings.